The highest BCUT2D eigenvalue weighted by Crippen LogP contribution is 2.24. The number of hydrogen-bond donors (Lipinski definition) is 0. The molecule has 96 valence electrons. The van der Waals surface area contributed by atoms with E-state index < -0.39 is 0 Å². The van der Waals surface area contributed by atoms with E-state index in [1.165, 1.54) is 0 Å². The Bertz CT molecular complexity index is 592. The molecule has 0 amide bonds. The lowest BCUT2D eigenvalue weighted by molar-refractivity contribution is -0.0942. The largest absolute Gasteiger partial charge is 0.376 e. The molecular weight excluding hydrogens is 256 g/mol. The van der Waals surface area contributed by atoms with Crippen LogP contribution in [-0.4, -0.2) is 39.6 Å². The Kier molecular flexibility index (Phi) is 2.93. The first-order valence-electron chi connectivity index (χ1n) is 5.76. The second kappa shape index (κ2) is 4.46. The smallest absolute Gasteiger partial charge is 0.186 e. The standard InChI is InChI=1S/C11H13ClN4O2/c1-6-7(2)10-13-14-11(16(10)15-9(6)12)8-5-17-3-4-18-8/h8H,3-5H2,1-2H3. The Labute approximate surface area is 109 Å². The van der Waals surface area contributed by atoms with Crippen molar-refractivity contribution in [3.63, 3.8) is 0 Å². The van der Waals surface area contributed by atoms with Crippen LogP contribution < -0.4 is 0 Å². The quantitative estimate of drug-likeness (QED) is 0.784. The lowest BCUT2D eigenvalue weighted by atomic mass is 10.2. The van der Waals surface area contributed by atoms with Crippen LogP contribution in [0.4, 0.5) is 0 Å². The van der Waals surface area contributed by atoms with Crippen molar-refractivity contribution in [1.82, 2.24) is 19.8 Å². The zero-order chi connectivity index (χ0) is 12.7. The molecule has 0 spiro atoms. The summed E-state index contributed by atoms with van der Waals surface area (Å²) in [4.78, 5) is 0. The monoisotopic (exact) mass is 268 g/mol. The summed E-state index contributed by atoms with van der Waals surface area (Å²) in [7, 11) is 0. The highest BCUT2D eigenvalue weighted by Gasteiger charge is 2.24. The second-order valence-corrected chi connectivity index (χ2v) is 4.63. The van der Waals surface area contributed by atoms with Crippen LogP contribution in [0.2, 0.25) is 5.15 Å². The second-order valence-electron chi connectivity index (χ2n) is 4.27. The number of ether oxygens (including phenoxy) is 2. The molecule has 2 aromatic heterocycles. The van der Waals surface area contributed by atoms with Crippen LogP contribution >= 0.6 is 11.6 Å². The molecule has 0 aliphatic carbocycles. The fraction of sp³-hybridized carbons (Fsp3) is 0.545. The lowest BCUT2D eigenvalue weighted by Crippen LogP contribution is -2.24. The number of fused-ring (bicyclic) bond motifs is 1. The molecule has 0 N–H and O–H groups in total. The molecule has 1 aliphatic heterocycles. The first-order chi connectivity index (χ1) is 8.68. The van der Waals surface area contributed by atoms with Gasteiger partial charge in [0.2, 0.25) is 0 Å². The lowest BCUT2D eigenvalue weighted by Gasteiger charge is -2.21. The summed E-state index contributed by atoms with van der Waals surface area (Å²) in [6, 6.07) is 0. The Balaban J connectivity index is 2.13. The molecule has 7 heteroatoms. The van der Waals surface area contributed by atoms with Gasteiger partial charge in [-0.15, -0.1) is 10.2 Å². The van der Waals surface area contributed by atoms with Crippen molar-refractivity contribution >= 4 is 17.2 Å². The van der Waals surface area contributed by atoms with E-state index >= 15 is 0 Å². The highest BCUT2D eigenvalue weighted by atomic mass is 35.5. The van der Waals surface area contributed by atoms with Crippen molar-refractivity contribution in [2.24, 2.45) is 0 Å². The van der Waals surface area contributed by atoms with Crippen molar-refractivity contribution in [3.8, 4) is 0 Å². The number of aromatic nitrogens is 4. The van der Waals surface area contributed by atoms with Crippen molar-refractivity contribution in [1.29, 1.82) is 0 Å². The minimum Gasteiger partial charge on any atom is -0.376 e. The van der Waals surface area contributed by atoms with E-state index in [-0.39, 0.29) is 6.10 Å². The topological polar surface area (TPSA) is 61.5 Å². The van der Waals surface area contributed by atoms with Gasteiger partial charge in [-0.2, -0.15) is 9.61 Å². The van der Waals surface area contributed by atoms with Crippen LogP contribution in [0.25, 0.3) is 5.65 Å². The summed E-state index contributed by atoms with van der Waals surface area (Å²) in [6.07, 6.45) is -0.237. The van der Waals surface area contributed by atoms with Gasteiger partial charge in [0, 0.05) is 5.56 Å². The molecule has 1 atom stereocenters. The van der Waals surface area contributed by atoms with Crippen LogP contribution in [0, 0.1) is 13.8 Å². The summed E-state index contributed by atoms with van der Waals surface area (Å²) in [5.41, 5.74) is 2.61. The van der Waals surface area contributed by atoms with Crippen LogP contribution in [0.5, 0.6) is 0 Å². The predicted octanol–water partition coefficient (Wildman–Crippen LogP) is 1.48. The third-order valence-corrected chi connectivity index (χ3v) is 3.52. The van der Waals surface area contributed by atoms with Gasteiger partial charge in [0.1, 0.15) is 6.10 Å². The minimum absolute atomic E-state index is 0.237. The number of hydrogen-bond acceptors (Lipinski definition) is 5. The summed E-state index contributed by atoms with van der Waals surface area (Å²) < 4.78 is 12.6. The Morgan fingerprint density at radius 2 is 2.06 bits per heavy atom. The first-order valence-corrected chi connectivity index (χ1v) is 6.13. The molecule has 1 saturated heterocycles. The van der Waals surface area contributed by atoms with E-state index in [1.807, 2.05) is 13.8 Å². The van der Waals surface area contributed by atoms with E-state index in [9.17, 15) is 0 Å². The van der Waals surface area contributed by atoms with Gasteiger partial charge in [-0.3, -0.25) is 0 Å². The van der Waals surface area contributed by atoms with Crippen LogP contribution in [-0.2, 0) is 9.47 Å². The molecule has 0 radical (unpaired) electrons. The van der Waals surface area contributed by atoms with E-state index in [4.69, 9.17) is 21.1 Å². The maximum Gasteiger partial charge on any atom is 0.186 e. The van der Waals surface area contributed by atoms with E-state index in [1.54, 1.807) is 4.52 Å². The average Bonchev–Trinajstić information content (AvgIpc) is 2.81. The normalized spacial score (nSPS) is 20.5. The summed E-state index contributed by atoms with van der Waals surface area (Å²) >= 11 is 6.10. The number of nitrogens with zero attached hydrogens (tertiary/aromatic N) is 4. The van der Waals surface area contributed by atoms with Gasteiger partial charge in [0.05, 0.1) is 19.8 Å². The molecule has 0 aromatic carbocycles. The molecule has 6 nitrogen and oxygen atoms in total. The number of aryl methyl sites for hydroxylation is 1. The molecule has 2 aromatic rings. The molecule has 3 heterocycles. The van der Waals surface area contributed by atoms with Gasteiger partial charge in [0.25, 0.3) is 0 Å². The Hall–Kier alpha value is -1.24. The van der Waals surface area contributed by atoms with Crippen molar-refractivity contribution in [2.45, 2.75) is 20.0 Å². The van der Waals surface area contributed by atoms with Gasteiger partial charge in [-0.05, 0) is 19.4 Å². The van der Waals surface area contributed by atoms with Crippen molar-refractivity contribution < 1.29 is 9.47 Å². The molecule has 1 unspecified atom stereocenters. The maximum absolute atomic E-state index is 6.10. The Morgan fingerprint density at radius 1 is 1.22 bits per heavy atom. The van der Waals surface area contributed by atoms with Gasteiger partial charge in [-0.25, -0.2) is 0 Å². The average molecular weight is 269 g/mol. The third kappa shape index (κ3) is 1.77. The summed E-state index contributed by atoms with van der Waals surface area (Å²) in [5, 5.41) is 13.0. The highest BCUT2D eigenvalue weighted by molar-refractivity contribution is 6.30. The molecular formula is C11H13ClN4O2. The van der Waals surface area contributed by atoms with Gasteiger partial charge in [-0.1, -0.05) is 11.6 Å². The summed E-state index contributed by atoms with van der Waals surface area (Å²) in [6.45, 7) is 5.50. The van der Waals surface area contributed by atoms with E-state index in [0.29, 0.717) is 36.4 Å². The van der Waals surface area contributed by atoms with E-state index in [0.717, 1.165) is 11.1 Å². The van der Waals surface area contributed by atoms with Crippen molar-refractivity contribution in [3.05, 3.63) is 22.1 Å². The third-order valence-electron chi connectivity index (χ3n) is 3.16. The van der Waals surface area contributed by atoms with Gasteiger partial charge in [0.15, 0.2) is 16.6 Å². The molecule has 1 aliphatic rings. The van der Waals surface area contributed by atoms with Crippen molar-refractivity contribution in [2.75, 3.05) is 19.8 Å². The molecule has 3 rings (SSSR count). The van der Waals surface area contributed by atoms with E-state index in [2.05, 4.69) is 15.3 Å². The maximum atomic E-state index is 6.10. The van der Waals surface area contributed by atoms with Crippen LogP contribution in [0.15, 0.2) is 0 Å². The summed E-state index contributed by atoms with van der Waals surface area (Å²) in [5.74, 6) is 0.634. The number of rotatable bonds is 1. The predicted molar refractivity (Wildman–Crippen MR) is 64.8 cm³/mol. The fourth-order valence-corrected chi connectivity index (χ4v) is 2.16. The molecule has 0 bridgehead atoms. The molecule has 0 saturated carbocycles. The van der Waals surface area contributed by atoms with Crippen LogP contribution in [0.3, 0.4) is 0 Å². The SMILES string of the molecule is Cc1c(Cl)nn2c(C3COCCO3)nnc2c1C. The molecule has 1 fully saturated rings. The number of halogens is 1. The Morgan fingerprint density at radius 3 is 2.78 bits per heavy atom. The minimum atomic E-state index is -0.237. The van der Waals surface area contributed by atoms with Gasteiger partial charge >= 0.3 is 0 Å². The van der Waals surface area contributed by atoms with Gasteiger partial charge < -0.3 is 9.47 Å². The zero-order valence-corrected chi connectivity index (χ0v) is 10.9. The first kappa shape index (κ1) is 11.8. The zero-order valence-electron chi connectivity index (χ0n) is 10.2. The fourth-order valence-electron chi connectivity index (χ4n) is 1.95. The van der Waals surface area contributed by atoms with Crippen LogP contribution in [0.1, 0.15) is 23.1 Å². The molecule has 18 heavy (non-hydrogen) atoms.